The van der Waals surface area contributed by atoms with Gasteiger partial charge in [0.25, 0.3) is 5.91 Å². The highest BCUT2D eigenvalue weighted by Gasteiger charge is 2.21. The highest BCUT2D eigenvalue weighted by Crippen LogP contribution is 2.39. The summed E-state index contributed by atoms with van der Waals surface area (Å²) in [5.74, 6) is 0.892. The summed E-state index contributed by atoms with van der Waals surface area (Å²) in [5, 5.41) is 2.78. The van der Waals surface area contributed by atoms with E-state index in [0.29, 0.717) is 54.9 Å². The van der Waals surface area contributed by atoms with Crippen LogP contribution < -0.4 is 24.2 Å². The quantitative estimate of drug-likeness (QED) is 0.466. The van der Waals surface area contributed by atoms with E-state index in [1.54, 1.807) is 24.3 Å². The number of carbonyl (C=O) groups is 1. The fourth-order valence-electron chi connectivity index (χ4n) is 3.53. The van der Waals surface area contributed by atoms with Crippen LogP contribution in [0.15, 0.2) is 41.3 Å². The van der Waals surface area contributed by atoms with Crippen LogP contribution in [0.3, 0.4) is 0 Å². The van der Waals surface area contributed by atoms with Crippen molar-refractivity contribution in [1.82, 2.24) is 4.72 Å². The molecular formula is C24H32N2O7S. The van der Waals surface area contributed by atoms with Crippen molar-refractivity contribution in [1.29, 1.82) is 0 Å². The molecule has 0 radical (unpaired) electrons. The summed E-state index contributed by atoms with van der Waals surface area (Å²) in [4.78, 5) is 13.0. The minimum absolute atomic E-state index is 0.0920. The zero-order valence-corrected chi connectivity index (χ0v) is 20.6. The summed E-state index contributed by atoms with van der Waals surface area (Å²) in [6.45, 7) is 7.65. The smallest absolute Gasteiger partial charge is 0.255 e. The van der Waals surface area contributed by atoms with Crippen LogP contribution in [0.2, 0.25) is 0 Å². The number of sulfonamides is 1. The molecule has 3 rings (SSSR count). The minimum atomic E-state index is -3.67. The summed E-state index contributed by atoms with van der Waals surface area (Å²) in [6.07, 6.45) is 1.69. The van der Waals surface area contributed by atoms with Crippen molar-refractivity contribution in [3.8, 4) is 17.2 Å². The Hall–Kier alpha value is -2.82. The van der Waals surface area contributed by atoms with Gasteiger partial charge in [0, 0.05) is 24.4 Å². The Kier molecular flexibility index (Phi) is 9.14. The largest absolute Gasteiger partial charge is 0.490 e. The van der Waals surface area contributed by atoms with Gasteiger partial charge in [-0.25, -0.2) is 13.1 Å². The van der Waals surface area contributed by atoms with Crippen molar-refractivity contribution >= 4 is 21.6 Å². The van der Waals surface area contributed by atoms with Crippen LogP contribution in [0.4, 0.5) is 5.69 Å². The van der Waals surface area contributed by atoms with Gasteiger partial charge in [0.2, 0.25) is 15.8 Å². The number of carbonyl (C=O) groups excluding carboxylic acids is 1. The van der Waals surface area contributed by atoms with E-state index in [4.69, 9.17) is 18.9 Å². The maximum absolute atomic E-state index is 12.9. The summed E-state index contributed by atoms with van der Waals surface area (Å²) in [7, 11) is -3.67. The van der Waals surface area contributed by atoms with E-state index in [1.807, 2.05) is 20.8 Å². The van der Waals surface area contributed by atoms with E-state index < -0.39 is 15.9 Å². The van der Waals surface area contributed by atoms with Crippen LogP contribution in [0.1, 0.15) is 44.0 Å². The first-order valence-corrected chi connectivity index (χ1v) is 12.9. The lowest BCUT2D eigenvalue weighted by Crippen LogP contribution is -2.31. The molecule has 2 aromatic rings. The summed E-state index contributed by atoms with van der Waals surface area (Å²) >= 11 is 0. The van der Waals surface area contributed by atoms with Crippen molar-refractivity contribution in [3.63, 3.8) is 0 Å². The minimum Gasteiger partial charge on any atom is -0.490 e. The fourth-order valence-corrected chi connectivity index (χ4v) is 4.60. The summed E-state index contributed by atoms with van der Waals surface area (Å²) in [6, 6.07) is 9.17. The molecular weight excluding hydrogens is 460 g/mol. The van der Waals surface area contributed by atoms with E-state index in [9.17, 15) is 13.2 Å². The van der Waals surface area contributed by atoms with Gasteiger partial charge in [0.15, 0.2) is 11.5 Å². The number of rotatable bonds is 12. The molecule has 2 N–H and O–H groups in total. The molecule has 0 aromatic heterocycles. The number of ether oxygens (including phenoxy) is 4. The van der Waals surface area contributed by atoms with Crippen LogP contribution in [0.25, 0.3) is 0 Å². The molecule has 9 nitrogen and oxygen atoms in total. The van der Waals surface area contributed by atoms with Crippen LogP contribution >= 0.6 is 0 Å². The Morgan fingerprint density at radius 1 is 1.00 bits per heavy atom. The van der Waals surface area contributed by atoms with Gasteiger partial charge in [0.1, 0.15) is 0 Å². The third-order valence-electron chi connectivity index (χ3n) is 5.12. The first-order chi connectivity index (χ1) is 16.4. The standard InChI is InChI=1S/C24H32N2O7S/c1-4-30-21-14-17(15-22(31-5-2)23(21)32-6-3)24(27)26-18-9-11-20(12-10-18)34(28,29)25-16-19-8-7-13-33-19/h9-12,14-15,19,25H,4-8,13,16H2,1-3H3,(H,26,27). The molecule has 1 aliphatic heterocycles. The second-order valence-electron chi connectivity index (χ2n) is 7.57. The van der Waals surface area contributed by atoms with Crippen molar-refractivity contribution in [2.75, 3.05) is 38.3 Å². The number of hydrogen-bond acceptors (Lipinski definition) is 7. The fraction of sp³-hybridized carbons (Fsp3) is 0.458. The lowest BCUT2D eigenvalue weighted by molar-refractivity contribution is 0.102. The van der Waals surface area contributed by atoms with Crippen molar-refractivity contribution < 1.29 is 32.2 Å². The Bertz CT molecular complexity index is 1040. The molecule has 186 valence electrons. The molecule has 1 amide bonds. The predicted molar refractivity (Wildman–Crippen MR) is 129 cm³/mol. The molecule has 1 unspecified atom stereocenters. The highest BCUT2D eigenvalue weighted by atomic mass is 32.2. The molecule has 1 heterocycles. The molecule has 1 saturated heterocycles. The van der Waals surface area contributed by atoms with Crippen molar-refractivity contribution in [2.45, 2.75) is 44.6 Å². The molecule has 1 aliphatic rings. The van der Waals surface area contributed by atoms with Crippen LogP contribution in [-0.4, -0.2) is 53.4 Å². The maximum atomic E-state index is 12.9. The Balaban J connectivity index is 1.73. The van der Waals surface area contributed by atoms with Gasteiger partial charge in [-0.2, -0.15) is 0 Å². The third kappa shape index (κ3) is 6.62. The maximum Gasteiger partial charge on any atom is 0.255 e. The second-order valence-corrected chi connectivity index (χ2v) is 9.33. The molecule has 0 aliphatic carbocycles. The molecule has 0 spiro atoms. The normalized spacial score (nSPS) is 15.7. The Morgan fingerprint density at radius 3 is 2.15 bits per heavy atom. The van der Waals surface area contributed by atoms with Gasteiger partial charge < -0.3 is 24.3 Å². The number of benzene rings is 2. The molecule has 0 saturated carbocycles. The first kappa shape index (κ1) is 25.8. The molecule has 34 heavy (non-hydrogen) atoms. The van der Waals surface area contributed by atoms with E-state index >= 15 is 0 Å². The van der Waals surface area contributed by atoms with Gasteiger partial charge in [-0.3, -0.25) is 4.79 Å². The zero-order valence-electron chi connectivity index (χ0n) is 19.8. The Labute approximate surface area is 200 Å². The van der Waals surface area contributed by atoms with Gasteiger partial charge in [0.05, 0.1) is 30.8 Å². The summed E-state index contributed by atoms with van der Waals surface area (Å²) in [5.41, 5.74) is 0.776. The van der Waals surface area contributed by atoms with E-state index in [2.05, 4.69) is 10.0 Å². The van der Waals surface area contributed by atoms with Crippen molar-refractivity contribution in [2.24, 2.45) is 0 Å². The monoisotopic (exact) mass is 492 g/mol. The molecule has 0 bridgehead atoms. The highest BCUT2D eigenvalue weighted by molar-refractivity contribution is 7.89. The van der Waals surface area contributed by atoms with Crippen molar-refractivity contribution in [3.05, 3.63) is 42.0 Å². The van der Waals surface area contributed by atoms with Gasteiger partial charge in [-0.05, 0) is 70.0 Å². The predicted octanol–water partition coefficient (Wildman–Crippen LogP) is 3.59. The molecule has 1 atom stereocenters. The van der Waals surface area contributed by atoms with Gasteiger partial charge in [-0.1, -0.05) is 0 Å². The average molecular weight is 493 g/mol. The Morgan fingerprint density at radius 2 is 1.62 bits per heavy atom. The number of amides is 1. The van der Waals surface area contributed by atoms with Crippen LogP contribution in [0.5, 0.6) is 17.2 Å². The number of hydrogen-bond donors (Lipinski definition) is 2. The molecule has 2 aromatic carbocycles. The lowest BCUT2D eigenvalue weighted by Gasteiger charge is -2.17. The van der Waals surface area contributed by atoms with Crippen LogP contribution in [0, 0.1) is 0 Å². The second kappa shape index (κ2) is 12.0. The zero-order chi connectivity index (χ0) is 24.6. The number of nitrogens with one attached hydrogen (secondary N) is 2. The van der Waals surface area contributed by atoms with Crippen LogP contribution in [-0.2, 0) is 14.8 Å². The number of anilines is 1. The topological polar surface area (TPSA) is 112 Å². The SMILES string of the molecule is CCOc1cc(C(=O)Nc2ccc(S(=O)(=O)NCC3CCCO3)cc2)cc(OCC)c1OCC. The van der Waals surface area contributed by atoms with Gasteiger partial charge in [-0.15, -0.1) is 0 Å². The van der Waals surface area contributed by atoms with E-state index in [1.165, 1.54) is 12.1 Å². The van der Waals surface area contributed by atoms with E-state index in [0.717, 1.165) is 12.8 Å². The van der Waals surface area contributed by atoms with Gasteiger partial charge >= 0.3 is 0 Å². The lowest BCUT2D eigenvalue weighted by atomic mass is 10.1. The molecule has 1 fully saturated rings. The summed E-state index contributed by atoms with van der Waals surface area (Å²) < 4.78 is 50.1. The van der Waals surface area contributed by atoms with E-state index in [-0.39, 0.29) is 17.5 Å². The molecule has 10 heteroatoms. The first-order valence-electron chi connectivity index (χ1n) is 11.5. The third-order valence-corrected chi connectivity index (χ3v) is 6.56. The average Bonchev–Trinajstić information content (AvgIpc) is 3.34.